The lowest BCUT2D eigenvalue weighted by Crippen LogP contribution is -2.49. The van der Waals surface area contributed by atoms with Crippen molar-refractivity contribution >= 4 is 5.91 Å². The summed E-state index contributed by atoms with van der Waals surface area (Å²) in [5.74, 6) is -0.169. The van der Waals surface area contributed by atoms with E-state index in [2.05, 4.69) is 29.2 Å². The third kappa shape index (κ3) is 4.55. The minimum Gasteiger partial charge on any atom is -0.394 e. The van der Waals surface area contributed by atoms with Crippen LogP contribution >= 0.6 is 0 Å². The van der Waals surface area contributed by atoms with Crippen LogP contribution in [0.1, 0.15) is 48.8 Å². The minimum atomic E-state index is -0.286. The molecule has 24 heavy (non-hydrogen) atoms. The summed E-state index contributed by atoms with van der Waals surface area (Å²) in [5.41, 5.74) is 1.46. The first kappa shape index (κ1) is 18.9. The van der Waals surface area contributed by atoms with Crippen molar-refractivity contribution in [2.75, 3.05) is 39.5 Å². The van der Waals surface area contributed by atoms with E-state index in [9.17, 15) is 9.90 Å². The lowest BCUT2D eigenvalue weighted by atomic mass is 10.1. The van der Waals surface area contributed by atoms with Gasteiger partial charge in [-0.1, -0.05) is 13.8 Å². The molecule has 0 unspecified atom stereocenters. The van der Waals surface area contributed by atoms with Crippen molar-refractivity contribution < 1.29 is 14.6 Å². The molecule has 136 valence electrons. The molecule has 1 amide bonds. The average molecular weight is 338 g/mol. The summed E-state index contributed by atoms with van der Waals surface area (Å²) < 4.78 is 7.26. The van der Waals surface area contributed by atoms with E-state index in [-0.39, 0.29) is 18.6 Å². The second-order valence-electron chi connectivity index (χ2n) is 6.32. The van der Waals surface area contributed by atoms with E-state index in [0.717, 1.165) is 31.6 Å². The van der Waals surface area contributed by atoms with Gasteiger partial charge in [0.25, 0.3) is 5.91 Å². The van der Waals surface area contributed by atoms with E-state index in [1.54, 1.807) is 6.20 Å². The highest BCUT2D eigenvalue weighted by atomic mass is 16.5. The molecule has 1 saturated heterocycles. The van der Waals surface area contributed by atoms with Gasteiger partial charge in [-0.2, -0.15) is 5.10 Å². The van der Waals surface area contributed by atoms with Gasteiger partial charge in [0.05, 0.1) is 43.7 Å². The van der Waals surface area contributed by atoms with Gasteiger partial charge in [0.15, 0.2) is 0 Å². The van der Waals surface area contributed by atoms with Crippen molar-refractivity contribution in [1.82, 2.24) is 20.0 Å². The van der Waals surface area contributed by atoms with Crippen molar-refractivity contribution in [2.45, 2.75) is 45.7 Å². The molecule has 2 heterocycles. The molecule has 0 radical (unpaired) electrons. The first-order chi connectivity index (χ1) is 11.6. The van der Waals surface area contributed by atoms with E-state index in [1.165, 1.54) is 0 Å². The second-order valence-corrected chi connectivity index (χ2v) is 6.32. The fourth-order valence-electron chi connectivity index (χ4n) is 3.16. The Bertz CT molecular complexity index is 522. The van der Waals surface area contributed by atoms with Crippen LogP contribution in [0.2, 0.25) is 0 Å². The zero-order chi connectivity index (χ0) is 17.5. The van der Waals surface area contributed by atoms with Gasteiger partial charge >= 0.3 is 0 Å². The normalized spacial score (nSPS) is 17.2. The molecule has 2 N–H and O–H groups in total. The van der Waals surface area contributed by atoms with Gasteiger partial charge in [-0.3, -0.25) is 14.4 Å². The van der Waals surface area contributed by atoms with Crippen LogP contribution in [0.5, 0.6) is 0 Å². The number of aromatic nitrogens is 2. The zero-order valence-corrected chi connectivity index (χ0v) is 15.0. The number of hydrogen-bond donors (Lipinski definition) is 2. The van der Waals surface area contributed by atoms with Gasteiger partial charge in [0.1, 0.15) is 0 Å². The minimum absolute atomic E-state index is 0.0805. The van der Waals surface area contributed by atoms with Gasteiger partial charge in [-0.25, -0.2) is 0 Å². The quantitative estimate of drug-likeness (QED) is 0.738. The number of carbonyl (C=O) groups is 1. The number of morpholine rings is 1. The SMILES string of the molecule is CCC(CC)n1ncc(C(=O)N[C@@H](CO)CN2CCOCC2)c1C. The van der Waals surface area contributed by atoms with Crippen LogP contribution < -0.4 is 5.32 Å². The Morgan fingerprint density at radius 2 is 2.04 bits per heavy atom. The smallest absolute Gasteiger partial charge is 0.255 e. The van der Waals surface area contributed by atoms with Gasteiger partial charge in [-0.05, 0) is 19.8 Å². The maximum Gasteiger partial charge on any atom is 0.255 e. The van der Waals surface area contributed by atoms with E-state index in [0.29, 0.717) is 31.4 Å². The van der Waals surface area contributed by atoms with Crippen LogP contribution in [-0.4, -0.2) is 71.2 Å². The number of amides is 1. The van der Waals surface area contributed by atoms with Crippen LogP contribution in [0, 0.1) is 6.92 Å². The Balaban J connectivity index is 1.99. The van der Waals surface area contributed by atoms with Crippen molar-refractivity contribution in [3.63, 3.8) is 0 Å². The van der Waals surface area contributed by atoms with E-state index in [1.807, 2.05) is 11.6 Å². The largest absolute Gasteiger partial charge is 0.394 e. The molecular weight excluding hydrogens is 308 g/mol. The van der Waals surface area contributed by atoms with Crippen molar-refractivity contribution in [3.05, 3.63) is 17.5 Å². The monoisotopic (exact) mass is 338 g/mol. The molecule has 1 atom stereocenters. The van der Waals surface area contributed by atoms with E-state index in [4.69, 9.17) is 4.74 Å². The number of carbonyl (C=O) groups excluding carboxylic acids is 1. The lowest BCUT2D eigenvalue weighted by molar-refractivity contribution is 0.0297. The van der Waals surface area contributed by atoms with Crippen LogP contribution in [0.25, 0.3) is 0 Å². The van der Waals surface area contributed by atoms with Gasteiger partial charge in [0, 0.05) is 25.3 Å². The van der Waals surface area contributed by atoms with Crippen LogP contribution in [0.4, 0.5) is 0 Å². The number of aliphatic hydroxyl groups excluding tert-OH is 1. The molecule has 1 aliphatic rings. The number of ether oxygens (including phenoxy) is 1. The highest BCUT2D eigenvalue weighted by Crippen LogP contribution is 2.19. The van der Waals surface area contributed by atoms with Gasteiger partial charge < -0.3 is 15.2 Å². The lowest BCUT2D eigenvalue weighted by Gasteiger charge is -2.30. The summed E-state index contributed by atoms with van der Waals surface area (Å²) in [7, 11) is 0. The summed E-state index contributed by atoms with van der Waals surface area (Å²) in [6.45, 7) is 9.79. The Morgan fingerprint density at radius 3 is 2.62 bits per heavy atom. The van der Waals surface area contributed by atoms with Crippen LogP contribution in [0.15, 0.2) is 6.20 Å². The second kappa shape index (κ2) is 9.15. The Hall–Kier alpha value is -1.44. The predicted octanol–water partition coefficient (Wildman–Crippen LogP) is 0.976. The Labute approximate surface area is 144 Å². The van der Waals surface area contributed by atoms with Gasteiger partial charge in [-0.15, -0.1) is 0 Å². The zero-order valence-electron chi connectivity index (χ0n) is 15.0. The van der Waals surface area contributed by atoms with Gasteiger partial charge in [0.2, 0.25) is 0 Å². The molecule has 1 aliphatic heterocycles. The van der Waals surface area contributed by atoms with E-state index >= 15 is 0 Å². The first-order valence-electron chi connectivity index (χ1n) is 8.86. The maximum atomic E-state index is 12.6. The molecule has 1 aromatic rings. The molecular formula is C17H30N4O3. The standard InChI is InChI=1S/C17H30N4O3/c1-4-15(5-2)21-13(3)16(10-18-21)17(23)19-14(12-22)11-20-6-8-24-9-7-20/h10,14-15,22H,4-9,11-12H2,1-3H3,(H,19,23)/t14-/m1/s1. The van der Waals surface area contributed by atoms with Crippen LogP contribution in [0.3, 0.4) is 0 Å². The molecule has 0 aromatic carbocycles. The summed E-state index contributed by atoms with van der Waals surface area (Å²) in [5, 5.41) is 16.9. The maximum absolute atomic E-state index is 12.6. The summed E-state index contributed by atoms with van der Waals surface area (Å²) in [6, 6.07) is 0.0278. The van der Waals surface area contributed by atoms with Crippen LogP contribution in [-0.2, 0) is 4.74 Å². The summed E-state index contributed by atoms with van der Waals surface area (Å²) in [6.07, 6.45) is 3.60. The molecule has 7 nitrogen and oxygen atoms in total. The molecule has 0 saturated carbocycles. The average Bonchev–Trinajstić information content (AvgIpc) is 2.98. The molecule has 1 fully saturated rings. The Kier molecular flexibility index (Phi) is 7.20. The molecule has 0 aliphatic carbocycles. The third-order valence-corrected chi connectivity index (χ3v) is 4.72. The van der Waals surface area contributed by atoms with Crippen molar-refractivity contribution in [1.29, 1.82) is 0 Å². The summed E-state index contributed by atoms with van der Waals surface area (Å²) >= 11 is 0. The topological polar surface area (TPSA) is 79.6 Å². The number of nitrogens with one attached hydrogen (secondary N) is 1. The van der Waals surface area contributed by atoms with Crippen molar-refractivity contribution in [3.8, 4) is 0 Å². The third-order valence-electron chi connectivity index (χ3n) is 4.72. The first-order valence-corrected chi connectivity index (χ1v) is 8.86. The highest BCUT2D eigenvalue weighted by Gasteiger charge is 2.22. The highest BCUT2D eigenvalue weighted by molar-refractivity contribution is 5.95. The van der Waals surface area contributed by atoms with E-state index < -0.39 is 0 Å². The number of nitrogens with zero attached hydrogens (tertiary/aromatic N) is 3. The number of aliphatic hydroxyl groups is 1. The Morgan fingerprint density at radius 1 is 1.38 bits per heavy atom. The fraction of sp³-hybridized carbons (Fsp3) is 0.765. The molecule has 2 rings (SSSR count). The van der Waals surface area contributed by atoms with Crippen molar-refractivity contribution in [2.24, 2.45) is 0 Å². The molecule has 1 aromatic heterocycles. The number of rotatable bonds is 8. The molecule has 0 bridgehead atoms. The summed E-state index contributed by atoms with van der Waals surface area (Å²) in [4.78, 5) is 14.8. The number of hydrogen-bond acceptors (Lipinski definition) is 5. The molecule has 7 heteroatoms. The molecule has 0 spiro atoms. The predicted molar refractivity (Wildman–Crippen MR) is 92.2 cm³/mol. The fourth-order valence-corrected chi connectivity index (χ4v) is 3.16.